The van der Waals surface area contributed by atoms with Gasteiger partial charge in [0.1, 0.15) is 22.9 Å². The van der Waals surface area contributed by atoms with E-state index in [-0.39, 0.29) is 47.8 Å². The van der Waals surface area contributed by atoms with Crippen LogP contribution < -0.4 is 5.32 Å². The number of anilines is 2. The molecular weight excluding hydrogens is 468 g/mol. The number of nitrogens with zero attached hydrogens (tertiary/aromatic N) is 6. The van der Waals surface area contributed by atoms with Crippen LogP contribution in [0.3, 0.4) is 0 Å². The van der Waals surface area contributed by atoms with E-state index in [1.165, 1.54) is 17.2 Å². The second-order valence-electron chi connectivity index (χ2n) is 9.55. The molecule has 186 valence electrons. The Kier molecular flexibility index (Phi) is 5.67. The summed E-state index contributed by atoms with van der Waals surface area (Å²) in [5.74, 6) is -0.432. The van der Waals surface area contributed by atoms with E-state index in [4.69, 9.17) is 0 Å². The van der Waals surface area contributed by atoms with Crippen LogP contribution in [0.2, 0.25) is 0 Å². The molecule has 0 unspecified atom stereocenters. The maximum Gasteiger partial charge on any atom is 0.255 e. The highest BCUT2D eigenvalue weighted by molar-refractivity contribution is 5.94. The van der Waals surface area contributed by atoms with Gasteiger partial charge < -0.3 is 19.9 Å². The standard InChI is InChI=1S/C25H25F2N7O2/c1-13(2)34-14(3)30-22-17(26)7-16(8-19(22)34)21-18(27)10-29-24(32-21)31-20-6-5-15(9-28-20)23(35)33-11-25(4,36)12-33/h5-10,13,36H,11-12H2,1-4H3,(H,28,29,31,32). The van der Waals surface area contributed by atoms with Crippen LogP contribution >= 0.6 is 0 Å². The molecule has 11 heteroatoms. The number of pyridine rings is 1. The average molecular weight is 494 g/mol. The molecule has 0 bridgehead atoms. The molecule has 3 aromatic heterocycles. The first-order chi connectivity index (χ1) is 17.0. The first kappa shape index (κ1) is 23.7. The van der Waals surface area contributed by atoms with Gasteiger partial charge in [0.2, 0.25) is 5.95 Å². The van der Waals surface area contributed by atoms with Crippen LogP contribution in [0, 0.1) is 18.6 Å². The summed E-state index contributed by atoms with van der Waals surface area (Å²) >= 11 is 0. The van der Waals surface area contributed by atoms with Gasteiger partial charge in [-0.25, -0.2) is 28.7 Å². The van der Waals surface area contributed by atoms with E-state index in [2.05, 4.69) is 25.3 Å². The van der Waals surface area contributed by atoms with Crippen LogP contribution in [-0.4, -0.2) is 59.1 Å². The molecular formula is C25H25F2N7O2. The van der Waals surface area contributed by atoms with Crippen LogP contribution in [0.1, 0.15) is 43.0 Å². The Labute approximate surface area is 205 Å². The number of aryl methyl sites for hydroxylation is 1. The molecule has 1 aliphatic heterocycles. The highest BCUT2D eigenvalue weighted by Gasteiger charge is 2.39. The zero-order valence-corrected chi connectivity index (χ0v) is 20.3. The monoisotopic (exact) mass is 493 g/mol. The predicted molar refractivity (Wildman–Crippen MR) is 130 cm³/mol. The molecule has 1 aromatic carbocycles. The zero-order valence-electron chi connectivity index (χ0n) is 20.3. The number of aromatic nitrogens is 5. The van der Waals surface area contributed by atoms with Crippen LogP contribution in [-0.2, 0) is 0 Å². The number of rotatable bonds is 5. The van der Waals surface area contributed by atoms with Crippen LogP contribution in [0.5, 0.6) is 0 Å². The first-order valence-corrected chi connectivity index (χ1v) is 11.5. The Morgan fingerprint density at radius 1 is 1.11 bits per heavy atom. The number of halogens is 2. The van der Waals surface area contributed by atoms with Crippen molar-refractivity contribution in [3.8, 4) is 11.3 Å². The third-order valence-electron chi connectivity index (χ3n) is 6.06. The number of carbonyl (C=O) groups excluding carboxylic acids is 1. The van der Waals surface area contributed by atoms with Crippen LogP contribution in [0.4, 0.5) is 20.5 Å². The number of fused-ring (bicyclic) bond motifs is 1. The number of β-amino-alcohol motifs (C(OH)–C–C–N with tert-alkyl or cyclic N) is 1. The first-order valence-electron chi connectivity index (χ1n) is 11.5. The van der Waals surface area contributed by atoms with Crippen molar-refractivity contribution in [2.45, 2.75) is 39.3 Å². The summed E-state index contributed by atoms with van der Waals surface area (Å²) in [6.45, 7) is 7.93. The van der Waals surface area contributed by atoms with Crippen molar-refractivity contribution in [1.82, 2.24) is 29.4 Å². The summed E-state index contributed by atoms with van der Waals surface area (Å²) in [4.78, 5) is 30.7. The summed E-state index contributed by atoms with van der Waals surface area (Å²) in [5.41, 5.74) is 0.470. The Bertz CT molecular complexity index is 1470. The number of amides is 1. The Balaban J connectivity index is 1.41. The minimum Gasteiger partial charge on any atom is -0.386 e. The van der Waals surface area contributed by atoms with Crippen molar-refractivity contribution in [1.29, 1.82) is 0 Å². The van der Waals surface area contributed by atoms with Gasteiger partial charge in [0, 0.05) is 17.8 Å². The lowest BCUT2D eigenvalue weighted by Gasteiger charge is -2.44. The van der Waals surface area contributed by atoms with Gasteiger partial charge in [-0.3, -0.25) is 4.79 Å². The molecule has 1 saturated heterocycles. The molecule has 1 aliphatic rings. The van der Waals surface area contributed by atoms with E-state index in [0.29, 0.717) is 22.7 Å². The summed E-state index contributed by atoms with van der Waals surface area (Å²) in [5, 5.41) is 12.7. The van der Waals surface area contributed by atoms with Gasteiger partial charge in [-0.05, 0) is 52.0 Å². The van der Waals surface area contributed by atoms with Gasteiger partial charge in [0.05, 0.1) is 36.0 Å². The SMILES string of the molecule is Cc1nc2c(F)cc(-c3nc(Nc4ccc(C(=O)N5CC(C)(O)C5)cn4)ncc3F)cc2n1C(C)C. The van der Waals surface area contributed by atoms with Crippen molar-refractivity contribution in [2.75, 3.05) is 18.4 Å². The quantitative estimate of drug-likeness (QED) is 0.432. The summed E-state index contributed by atoms with van der Waals surface area (Å²) in [7, 11) is 0. The molecule has 0 saturated carbocycles. The fourth-order valence-corrected chi connectivity index (χ4v) is 4.50. The number of likely N-dealkylation sites (tertiary alicyclic amines) is 1. The third kappa shape index (κ3) is 4.26. The molecule has 1 fully saturated rings. The predicted octanol–water partition coefficient (Wildman–Crippen LogP) is 4.01. The molecule has 1 amide bonds. The fourth-order valence-electron chi connectivity index (χ4n) is 4.50. The Hall–Kier alpha value is -3.99. The number of nitrogens with one attached hydrogen (secondary N) is 1. The molecule has 2 N–H and O–H groups in total. The van der Waals surface area contributed by atoms with Gasteiger partial charge >= 0.3 is 0 Å². The minimum atomic E-state index is -0.858. The lowest BCUT2D eigenvalue weighted by molar-refractivity contribution is -0.0668. The van der Waals surface area contributed by atoms with Crippen molar-refractivity contribution in [2.24, 2.45) is 0 Å². The minimum absolute atomic E-state index is 0.0345. The Morgan fingerprint density at radius 3 is 2.50 bits per heavy atom. The van der Waals surface area contributed by atoms with Crippen molar-refractivity contribution in [3.05, 3.63) is 59.7 Å². The van der Waals surface area contributed by atoms with Crippen molar-refractivity contribution < 1.29 is 18.7 Å². The normalized spacial score (nSPS) is 14.8. The van der Waals surface area contributed by atoms with Gasteiger partial charge in [0.15, 0.2) is 11.6 Å². The van der Waals surface area contributed by atoms with E-state index in [9.17, 15) is 18.7 Å². The lowest BCUT2D eigenvalue weighted by atomic mass is 9.96. The highest BCUT2D eigenvalue weighted by Crippen LogP contribution is 2.30. The molecule has 36 heavy (non-hydrogen) atoms. The summed E-state index contributed by atoms with van der Waals surface area (Å²) in [6.07, 6.45) is 2.41. The van der Waals surface area contributed by atoms with Gasteiger partial charge in [-0.1, -0.05) is 0 Å². The maximum absolute atomic E-state index is 14.9. The second kappa shape index (κ2) is 8.59. The van der Waals surface area contributed by atoms with Crippen molar-refractivity contribution >= 4 is 28.7 Å². The number of benzene rings is 1. The fraction of sp³-hybridized carbons (Fsp3) is 0.320. The van der Waals surface area contributed by atoms with Crippen molar-refractivity contribution in [3.63, 3.8) is 0 Å². The molecule has 0 radical (unpaired) electrons. The van der Waals surface area contributed by atoms with Gasteiger partial charge in [0.25, 0.3) is 5.91 Å². The number of aliphatic hydroxyl groups is 1. The molecule has 0 atom stereocenters. The number of imidazole rings is 1. The smallest absolute Gasteiger partial charge is 0.255 e. The van der Waals surface area contributed by atoms with E-state index in [1.807, 2.05) is 18.4 Å². The molecule has 4 aromatic rings. The molecule has 0 aliphatic carbocycles. The molecule has 0 spiro atoms. The van der Waals surface area contributed by atoms with Crippen LogP contribution in [0.15, 0.2) is 36.7 Å². The average Bonchev–Trinajstić information content (AvgIpc) is 3.15. The molecule has 4 heterocycles. The zero-order chi connectivity index (χ0) is 25.8. The number of carbonyl (C=O) groups is 1. The van der Waals surface area contributed by atoms with Crippen LogP contribution in [0.25, 0.3) is 22.3 Å². The molecule has 9 nitrogen and oxygen atoms in total. The van der Waals surface area contributed by atoms with Gasteiger partial charge in [-0.15, -0.1) is 0 Å². The van der Waals surface area contributed by atoms with Gasteiger partial charge in [-0.2, -0.15) is 0 Å². The summed E-state index contributed by atoms with van der Waals surface area (Å²) in [6, 6.07) is 6.08. The summed E-state index contributed by atoms with van der Waals surface area (Å²) < 4.78 is 31.5. The molecule has 5 rings (SSSR count). The Morgan fingerprint density at radius 2 is 1.86 bits per heavy atom. The third-order valence-corrected chi connectivity index (χ3v) is 6.06. The second-order valence-corrected chi connectivity index (χ2v) is 9.55. The maximum atomic E-state index is 14.9. The highest BCUT2D eigenvalue weighted by atomic mass is 19.1. The number of hydrogen-bond acceptors (Lipinski definition) is 7. The lowest BCUT2D eigenvalue weighted by Crippen LogP contribution is -2.61. The van der Waals surface area contributed by atoms with E-state index in [1.54, 1.807) is 32.0 Å². The largest absolute Gasteiger partial charge is 0.386 e. The van der Waals surface area contributed by atoms with E-state index >= 15 is 0 Å². The van der Waals surface area contributed by atoms with E-state index < -0.39 is 17.2 Å². The topological polar surface area (TPSA) is 109 Å². The van der Waals surface area contributed by atoms with E-state index in [0.717, 1.165) is 6.20 Å². The number of hydrogen-bond donors (Lipinski definition) is 2.